The van der Waals surface area contributed by atoms with E-state index in [-0.39, 0.29) is 5.75 Å². The number of benzene rings is 1. The number of rotatable bonds is 1. The highest BCUT2D eigenvalue weighted by molar-refractivity contribution is 5.44. The van der Waals surface area contributed by atoms with Gasteiger partial charge in [0, 0.05) is 5.56 Å². The van der Waals surface area contributed by atoms with Gasteiger partial charge in [-0.2, -0.15) is 5.26 Å². The zero-order valence-electron chi connectivity index (χ0n) is 8.08. The lowest BCUT2D eigenvalue weighted by Gasteiger charge is -2.17. The van der Waals surface area contributed by atoms with Crippen molar-refractivity contribution in [2.24, 2.45) is 0 Å². The SMILES string of the molecule is N#CCc1cc2c(cc1O)CCCC2. The third kappa shape index (κ3) is 1.58. The maximum atomic E-state index is 9.65. The largest absolute Gasteiger partial charge is 0.508 e. The fraction of sp³-hybridized carbons (Fsp3) is 0.417. The van der Waals surface area contributed by atoms with Crippen LogP contribution in [0.3, 0.4) is 0 Å². The van der Waals surface area contributed by atoms with Crippen molar-refractivity contribution >= 4 is 0 Å². The van der Waals surface area contributed by atoms with Crippen molar-refractivity contribution in [2.75, 3.05) is 0 Å². The van der Waals surface area contributed by atoms with Gasteiger partial charge in [0.2, 0.25) is 0 Å². The molecule has 0 amide bonds. The molecule has 2 nitrogen and oxygen atoms in total. The van der Waals surface area contributed by atoms with Gasteiger partial charge in [-0.15, -0.1) is 0 Å². The second-order valence-corrected chi connectivity index (χ2v) is 3.79. The van der Waals surface area contributed by atoms with Gasteiger partial charge in [-0.3, -0.25) is 0 Å². The predicted molar refractivity (Wildman–Crippen MR) is 54.1 cm³/mol. The van der Waals surface area contributed by atoms with Crippen LogP contribution in [0.2, 0.25) is 0 Å². The van der Waals surface area contributed by atoms with Crippen LogP contribution in [0.5, 0.6) is 5.75 Å². The van der Waals surface area contributed by atoms with E-state index >= 15 is 0 Å². The van der Waals surface area contributed by atoms with E-state index in [1.165, 1.54) is 24.0 Å². The van der Waals surface area contributed by atoms with Crippen LogP contribution in [0.25, 0.3) is 0 Å². The van der Waals surface area contributed by atoms with E-state index in [4.69, 9.17) is 5.26 Å². The molecule has 0 aliphatic heterocycles. The van der Waals surface area contributed by atoms with Crippen molar-refractivity contribution in [1.29, 1.82) is 5.26 Å². The number of nitrogens with zero attached hydrogens (tertiary/aromatic N) is 1. The first-order chi connectivity index (χ1) is 6.81. The Morgan fingerprint density at radius 1 is 1.21 bits per heavy atom. The van der Waals surface area contributed by atoms with Crippen molar-refractivity contribution in [1.82, 2.24) is 0 Å². The minimum atomic E-state index is 0.284. The van der Waals surface area contributed by atoms with Gasteiger partial charge in [0.1, 0.15) is 5.75 Å². The molecule has 2 rings (SSSR count). The van der Waals surface area contributed by atoms with Gasteiger partial charge in [-0.25, -0.2) is 0 Å². The minimum Gasteiger partial charge on any atom is -0.508 e. The van der Waals surface area contributed by atoms with Gasteiger partial charge >= 0.3 is 0 Å². The molecular weight excluding hydrogens is 174 g/mol. The summed E-state index contributed by atoms with van der Waals surface area (Å²) in [5.74, 6) is 0.284. The van der Waals surface area contributed by atoms with Gasteiger partial charge in [-0.1, -0.05) is 6.07 Å². The molecule has 0 spiro atoms. The standard InChI is InChI=1S/C12H13NO/c13-6-5-11-7-9-3-1-2-4-10(9)8-12(11)14/h7-8,14H,1-5H2. The van der Waals surface area contributed by atoms with Crippen molar-refractivity contribution in [3.8, 4) is 11.8 Å². The van der Waals surface area contributed by atoms with Crippen LogP contribution in [0, 0.1) is 11.3 Å². The van der Waals surface area contributed by atoms with Crippen LogP contribution in [0.1, 0.15) is 29.5 Å². The smallest absolute Gasteiger partial charge is 0.120 e. The Balaban J connectivity index is 2.41. The van der Waals surface area contributed by atoms with E-state index in [1.54, 1.807) is 0 Å². The Morgan fingerprint density at radius 2 is 1.86 bits per heavy atom. The lowest BCUT2D eigenvalue weighted by molar-refractivity contribution is 0.467. The van der Waals surface area contributed by atoms with Crippen LogP contribution in [0.15, 0.2) is 12.1 Å². The van der Waals surface area contributed by atoms with E-state index in [0.29, 0.717) is 6.42 Å². The van der Waals surface area contributed by atoms with Crippen LogP contribution in [-0.2, 0) is 19.3 Å². The molecule has 0 saturated heterocycles. The Morgan fingerprint density at radius 3 is 2.50 bits per heavy atom. The monoisotopic (exact) mass is 187 g/mol. The van der Waals surface area contributed by atoms with Crippen LogP contribution in [-0.4, -0.2) is 5.11 Å². The molecule has 1 aliphatic carbocycles. The summed E-state index contributed by atoms with van der Waals surface area (Å²) >= 11 is 0. The molecule has 1 aromatic carbocycles. The summed E-state index contributed by atoms with van der Waals surface area (Å²) in [4.78, 5) is 0. The zero-order valence-corrected chi connectivity index (χ0v) is 8.08. The molecule has 1 N–H and O–H groups in total. The fourth-order valence-electron chi connectivity index (χ4n) is 2.05. The Kier molecular flexibility index (Phi) is 2.41. The molecule has 0 fully saturated rings. The molecule has 0 unspecified atom stereocenters. The highest BCUT2D eigenvalue weighted by Crippen LogP contribution is 2.28. The first-order valence-corrected chi connectivity index (χ1v) is 5.02. The van der Waals surface area contributed by atoms with E-state index in [1.807, 2.05) is 12.1 Å². The predicted octanol–water partition coefficient (Wildman–Crippen LogP) is 2.34. The van der Waals surface area contributed by atoms with Crippen LogP contribution in [0.4, 0.5) is 0 Å². The van der Waals surface area contributed by atoms with E-state index in [0.717, 1.165) is 18.4 Å². The normalized spacial score (nSPS) is 14.5. The Bertz CT molecular complexity index is 390. The quantitative estimate of drug-likeness (QED) is 0.733. The molecule has 14 heavy (non-hydrogen) atoms. The molecule has 0 atom stereocenters. The maximum Gasteiger partial charge on any atom is 0.120 e. The molecule has 0 heterocycles. The van der Waals surface area contributed by atoms with E-state index in [2.05, 4.69) is 6.07 Å². The average molecular weight is 187 g/mol. The molecule has 1 aromatic rings. The number of hydrogen-bond donors (Lipinski definition) is 1. The number of phenolic OH excluding ortho intramolecular Hbond substituents is 1. The van der Waals surface area contributed by atoms with Gasteiger partial charge in [0.15, 0.2) is 0 Å². The molecular formula is C12H13NO. The first kappa shape index (κ1) is 9.08. The number of aryl methyl sites for hydroxylation is 2. The van der Waals surface area contributed by atoms with Crippen LogP contribution < -0.4 is 0 Å². The number of hydrogen-bond acceptors (Lipinski definition) is 2. The molecule has 2 heteroatoms. The van der Waals surface area contributed by atoms with Crippen molar-refractivity contribution in [3.63, 3.8) is 0 Å². The molecule has 72 valence electrons. The third-order valence-corrected chi connectivity index (χ3v) is 2.81. The average Bonchev–Trinajstić information content (AvgIpc) is 2.19. The molecule has 1 aliphatic rings. The number of nitriles is 1. The molecule has 0 radical (unpaired) electrons. The summed E-state index contributed by atoms with van der Waals surface area (Å²) in [5, 5.41) is 18.2. The number of fused-ring (bicyclic) bond motifs is 1. The second kappa shape index (κ2) is 3.71. The molecule has 0 bridgehead atoms. The lowest BCUT2D eigenvalue weighted by atomic mass is 9.89. The zero-order chi connectivity index (χ0) is 9.97. The van der Waals surface area contributed by atoms with E-state index < -0.39 is 0 Å². The summed E-state index contributed by atoms with van der Waals surface area (Å²) < 4.78 is 0. The van der Waals surface area contributed by atoms with Crippen molar-refractivity contribution in [3.05, 3.63) is 28.8 Å². The van der Waals surface area contributed by atoms with Gasteiger partial charge in [0.05, 0.1) is 12.5 Å². The van der Waals surface area contributed by atoms with Gasteiger partial charge < -0.3 is 5.11 Å². The fourth-order valence-corrected chi connectivity index (χ4v) is 2.05. The Hall–Kier alpha value is -1.49. The summed E-state index contributed by atoms with van der Waals surface area (Å²) in [5.41, 5.74) is 3.35. The Labute approximate surface area is 83.8 Å². The highest BCUT2D eigenvalue weighted by Gasteiger charge is 2.12. The number of phenols is 1. The first-order valence-electron chi connectivity index (χ1n) is 5.02. The maximum absolute atomic E-state index is 9.65. The number of aromatic hydroxyl groups is 1. The van der Waals surface area contributed by atoms with Gasteiger partial charge in [-0.05, 0) is 42.9 Å². The minimum absolute atomic E-state index is 0.284. The summed E-state index contributed by atoms with van der Waals surface area (Å²) in [6.07, 6.45) is 4.90. The molecule has 0 saturated carbocycles. The summed E-state index contributed by atoms with van der Waals surface area (Å²) in [6.45, 7) is 0. The second-order valence-electron chi connectivity index (χ2n) is 3.79. The molecule has 0 aromatic heterocycles. The lowest BCUT2D eigenvalue weighted by Crippen LogP contribution is -2.03. The summed E-state index contributed by atoms with van der Waals surface area (Å²) in [6, 6.07) is 5.90. The van der Waals surface area contributed by atoms with Crippen molar-refractivity contribution in [2.45, 2.75) is 32.1 Å². The third-order valence-electron chi connectivity index (χ3n) is 2.81. The topological polar surface area (TPSA) is 44.0 Å². The highest BCUT2D eigenvalue weighted by atomic mass is 16.3. The van der Waals surface area contributed by atoms with E-state index in [9.17, 15) is 5.11 Å². The summed E-state index contributed by atoms with van der Waals surface area (Å²) in [7, 11) is 0. The van der Waals surface area contributed by atoms with Crippen LogP contribution >= 0.6 is 0 Å². The van der Waals surface area contributed by atoms with Crippen molar-refractivity contribution < 1.29 is 5.11 Å². The van der Waals surface area contributed by atoms with Gasteiger partial charge in [0.25, 0.3) is 0 Å².